The van der Waals surface area contributed by atoms with Crippen LogP contribution in [0.5, 0.6) is 11.5 Å². The predicted octanol–water partition coefficient (Wildman–Crippen LogP) is -0.552. The highest BCUT2D eigenvalue weighted by atomic mass is 16.7. The van der Waals surface area contributed by atoms with Gasteiger partial charge >= 0.3 is 0 Å². The Morgan fingerprint density at radius 2 is 1.87 bits per heavy atom. The Labute approximate surface area is 172 Å². The molecule has 3 aromatic rings. The highest BCUT2D eigenvalue weighted by Crippen LogP contribution is 2.32. The van der Waals surface area contributed by atoms with Gasteiger partial charge in [0.05, 0.1) is 31.6 Å². The highest BCUT2D eigenvalue weighted by molar-refractivity contribution is 5.78. The minimum Gasteiger partial charge on any atom is -0.454 e. The van der Waals surface area contributed by atoms with Gasteiger partial charge in [0.25, 0.3) is 5.56 Å². The standard InChI is InChI=1S/C21H21N5O4/c27-20(13-26-21(28)16-3-1-2-4-17(16)22-23-26)25-9-7-24(8-10-25)12-15-5-6-18-19(11-15)30-14-29-18/h1-6,11H,7-10,12-14H2/p+1. The first-order valence-corrected chi connectivity index (χ1v) is 10.00. The fraction of sp³-hybridized carbons (Fsp3) is 0.333. The van der Waals surface area contributed by atoms with Crippen LogP contribution >= 0.6 is 0 Å². The lowest BCUT2D eigenvalue weighted by atomic mass is 10.1. The van der Waals surface area contributed by atoms with Crippen LogP contribution in [0.15, 0.2) is 47.3 Å². The van der Waals surface area contributed by atoms with Crippen molar-refractivity contribution in [2.45, 2.75) is 13.1 Å². The van der Waals surface area contributed by atoms with Crippen LogP contribution < -0.4 is 19.9 Å². The lowest BCUT2D eigenvalue weighted by Gasteiger charge is -2.32. The van der Waals surface area contributed by atoms with Crippen molar-refractivity contribution >= 4 is 16.8 Å². The average Bonchev–Trinajstić information content (AvgIpc) is 3.24. The maximum atomic E-state index is 12.7. The summed E-state index contributed by atoms with van der Waals surface area (Å²) in [5.41, 5.74) is 1.43. The van der Waals surface area contributed by atoms with E-state index in [4.69, 9.17) is 9.47 Å². The Bertz CT molecular complexity index is 1150. The highest BCUT2D eigenvalue weighted by Gasteiger charge is 2.25. The van der Waals surface area contributed by atoms with Crippen molar-refractivity contribution < 1.29 is 19.2 Å². The van der Waals surface area contributed by atoms with E-state index < -0.39 is 0 Å². The number of quaternary nitrogens is 1. The monoisotopic (exact) mass is 408 g/mol. The number of nitrogens with one attached hydrogen (secondary N) is 1. The lowest BCUT2D eigenvalue weighted by molar-refractivity contribution is -0.917. The lowest BCUT2D eigenvalue weighted by Crippen LogP contribution is -3.13. The zero-order valence-electron chi connectivity index (χ0n) is 16.4. The molecule has 0 bridgehead atoms. The second-order valence-corrected chi connectivity index (χ2v) is 7.56. The van der Waals surface area contributed by atoms with E-state index in [2.05, 4.69) is 16.4 Å². The Morgan fingerprint density at radius 1 is 1.07 bits per heavy atom. The number of benzene rings is 2. The second kappa shape index (κ2) is 7.75. The summed E-state index contributed by atoms with van der Waals surface area (Å²) >= 11 is 0. The van der Waals surface area contributed by atoms with Crippen molar-refractivity contribution in [2.24, 2.45) is 0 Å². The largest absolute Gasteiger partial charge is 0.454 e. The molecular weight excluding hydrogens is 386 g/mol. The molecule has 1 amide bonds. The maximum absolute atomic E-state index is 12.7. The molecule has 0 saturated carbocycles. The number of aromatic nitrogens is 3. The number of amides is 1. The van der Waals surface area contributed by atoms with Gasteiger partial charge in [-0.05, 0) is 30.3 Å². The van der Waals surface area contributed by atoms with Crippen LogP contribution in [-0.2, 0) is 17.9 Å². The van der Waals surface area contributed by atoms with Crippen LogP contribution in [-0.4, -0.2) is 58.8 Å². The molecule has 2 aliphatic heterocycles. The summed E-state index contributed by atoms with van der Waals surface area (Å²) in [6, 6.07) is 13.0. The molecule has 5 rings (SSSR count). The van der Waals surface area contributed by atoms with Gasteiger partial charge in [-0.25, -0.2) is 4.68 Å². The number of carbonyl (C=O) groups excluding carboxylic acids is 1. The molecule has 0 spiro atoms. The Hall–Kier alpha value is -3.46. The summed E-state index contributed by atoms with van der Waals surface area (Å²) in [4.78, 5) is 28.5. The number of ether oxygens (including phenoxy) is 2. The van der Waals surface area contributed by atoms with Crippen LogP contribution in [0.4, 0.5) is 0 Å². The molecule has 3 heterocycles. The minimum atomic E-state index is -0.291. The Balaban J connectivity index is 1.19. The van der Waals surface area contributed by atoms with Crippen LogP contribution in [0.3, 0.4) is 0 Å². The Morgan fingerprint density at radius 3 is 2.73 bits per heavy atom. The number of hydrogen-bond donors (Lipinski definition) is 1. The molecule has 9 heteroatoms. The van der Waals surface area contributed by atoms with Gasteiger partial charge in [-0.3, -0.25) is 9.59 Å². The zero-order chi connectivity index (χ0) is 20.5. The maximum Gasteiger partial charge on any atom is 0.278 e. The topological polar surface area (TPSA) is 91.0 Å². The van der Waals surface area contributed by atoms with Gasteiger partial charge in [-0.15, -0.1) is 5.10 Å². The molecule has 1 N–H and O–H groups in total. The molecule has 0 aliphatic carbocycles. The average molecular weight is 408 g/mol. The molecule has 9 nitrogen and oxygen atoms in total. The minimum absolute atomic E-state index is 0.0891. The molecule has 1 saturated heterocycles. The Kier molecular flexibility index (Phi) is 4.80. The summed E-state index contributed by atoms with van der Waals surface area (Å²) in [5.74, 6) is 1.47. The second-order valence-electron chi connectivity index (χ2n) is 7.56. The van der Waals surface area contributed by atoms with Crippen molar-refractivity contribution in [3.63, 3.8) is 0 Å². The van der Waals surface area contributed by atoms with E-state index in [0.717, 1.165) is 35.8 Å². The fourth-order valence-corrected chi connectivity index (χ4v) is 3.94. The molecule has 1 aromatic heterocycles. The summed E-state index contributed by atoms with van der Waals surface area (Å²) in [6.07, 6.45) is 0. The zero-order valence-corrected chi connectivity index (χ0v) is 16.4. The fourth-order valence-electron chi connectivity index (χ4n) is 3.94. The molecule has 0 atom stereocenters. The molecule has 2 aromatic carbocycles. The summed E-state index contributed by atoms with van der Waals surface area (Å²) < 4.78 is 12.0. The van der Waals surface area contributed by atoms with Gasteiger partial charge in [-0.2, -0.15) is 0 Å². The van der Waals surface area contributed by atoms with Crippen molar-refractivity contribution in [1.82, 2.24) is 19.9 Å². The third-order valence-electron chi connectivity index (χ3n) is 5.63. The summed E-state index contributed by atoms with van der Waals surface area (Å²) in [7, 11) is 0. The van der Waals surface area contributed by atoms with E-state index >= 15 is 0 Å². The number of fused-ring (bicyclic) bond motifs is 2. The van der Waals surface area contributed by atoms with E-state index in [-0.39, 0.29) is 24.8 Å². The SMILES string of the molecule is O=C(Cn1nnc2ccccc2c1=O)N1CC[NH+](Cc2ccc3c(c2)OCO3)CC1. The first kappa shape index (κ1) is 18.6. The number of carbonyl (C=O) groups is 1. The third-order valence-corrected chi connectivity index (χ3v) is 5.63. The number of nitrogens with zero attached hydrogens (tertiary/aromatic N) is 4. The van der Waals surface area contributed by atoms with Gasteiger partial charge in [0.2, 0.25) is 12.7 Å². The first-order valence-electron chi connectivity index (χ1n) is 10.00. The van der Waals surface area contributed by atoms with Gasteiger partial charge in [0, 0.05) is 5.56 Å². The quantitative estimate of drug-likeness (QED) is 0.623. The van der Waals surface area contributed by atoms with E-state index in [1.807, 2.05) is 12.1 Å². The van der Waals surface area contributed by atoms with E-state index in [9.17, 15) is 9.59 Å². The van der Waals surface area contributed by atoms with Crippen LogP contribution in [0.1, 0.15) is 5.56 Å². The van der Waals surface area contributed by atoms with Crippen LogP contribution in [0.2, 0.25) is 0 Å². The smallest absolute Gasteiger partial charge is 0.278 e. The van der Waals surface area contributed by atoms with Crippen molar-refractivity contribution in [3.8, 4) is 11.5 Å². The van der Waals surface area contributed by atoms with Gasteiger partial charge in [-0.1, -0.05) is 17.3 Å². The van der Waals surface area contributed by atoms with Crippen LogP contribution in [0, 0.1) is 0 Å². The number of hydrogen-bond acceptors (Lipinski definition) is 6. The normalized spacial score (nSPS) is 16.2. The van der Waals surface area contributed by atoms with Crippen molar-refractivity contribution in [1.29, 1.82) is 0 Å². The van der Waals surface area contributed by atoms with Crippen molar-refractivity contribution in [3.05, 3.63) is 58.4 Å². The summed E-state index contributed by atoms with van der Waals surface area (Å²) in [5, 5.41) is 8.43. The van der Waals surface area contributed by atoms with E-state index in [0.29, 0.717) is 24.0 Å². The van der Waals surface area contributed by atoms with E-state index in [1.54, 1.807) is 29.2 Å². The predicted molar refractivity (Wildman–Crippen MR) is 107 cm³/mol. The molecule has 0 radical (unpaired) electrons. The van der Waals surface area contributed by atoms with Gasteiger partial charge in [0.15, 0.2) is 11.5 Å². The van der Waals surface area contributed by atoms with Crippen LogP contribution in [0.25, 0.3) is 10.9 Å². The first-order chi connectivity index (χ1) is 14.7. The molecule has 30 heavy (non-hydrogen) atoms. The molecule has 0 unspecified atom stereocenters. The summed E-state index contributed by atoms with van der Waals surface area (Å²) in [6.45, 7) is 4.04. The molecular formula is C21H22N5O4+. The molecule has 154 valence electrons. The van der Waals surface area contributed by atoms with Crippen molar-refractivity contribution in [2.75, 3.05) is 33.0 Å². The number of piperazine rings is 1. The molecule has 1 fully saturated rings. The third kappa shape index (κ3) is 3.59. The van der Waals surface area contributed by atoms with Gasteiger partial charge in [0.1, 0.15) is 18.6 Å². The molecule has 2 aliphatic rings. The van der Waals surface area contributed by atoms with Gasteiger partial charge < -0.3 is 19.3 Å². The number of rotatable bonds is 4. The van der Waals surface area contributed by atoms with E-state index in [1.165, 1.54) is 10.5 Å².